The smallest absolute Gasteiger partial charge is 0.276 e. The van der Waals surface area contributed by atoms with E-state index < -0.39 is 0 Å². The molecular weight excluding hydrogens is 322 g/mol. The molecule has 4 aromatic rings. The maximum absolute atomic E-state index is 12.9. The van der Waals surface area contributed by atoms with Crippen LogP contribution < -0.4 is 5.56 Å². The Labute approximate surface area is 152 Å². The third-order valence-corrected chi connectivity index (χ3v) is 4.79. The summed E-state index contributed by atoms with van der Waals surface area (Å²) in [6, 6.07) is 16.4. The van der Waals surface area contributed by atoms with Crippen LogP contribution >= 0.6 is 0 Å². The molecule has 26 heavy (non-hydrogen) atoms. The lowest BCUT2D eigenvalue weighted by atomic mass is 10.1. The van der Waals surface area contributed by atoms with Gasteiger partial charge in [0.15, 0.2) is 0 Å². The Morgan fingerprint density at radius 2 is 1.62 bits per heavy atom. The van der Waals surface area contributed by atoms with Crippen molar-refractivity contribution in [2.75, 3.05) is 0 Å². The Morgan fingerprint density at radius 3 is 2.35 bits per heavy atom. The van der Waals surface area contributed by atoms with Gasteiger partial charge in [-0.05, 0) is 38.0 Å². The molecule has 0 unspecified atom stereocenters. The van der Waals surface area contributed by atoms with Gasteiger partial charge in [-0.15, -0.1) is 0 Å². The van der Waals surface area contributed by atoms with E-state index >= 15 is 0 Å². The molecule has 4 nitrogen and oxygen atoms in total. The SMILES string of the molecule is Cc1ccc(-c2cc3c(=O)n(Cc4ccc(C)cc4C)ccn3n2)cc1. The number of rotatable bonds is 3. The van der Waals surface area contributed by atoms with Crippen LogP contribution in [0.4, 0.5) is 0 Å². The van der Waals surface area contributed by atoms with Crippen molar-refractivity contribution in [1.29, 1.82) is 0 Å². The molecule has 130 valence electrons. The lowest BCUT2D eigenvalue weighted by Crippen LogP contribution is -2.22. The number of fused-ring (bicyclic) bond motifs is 1. The van der Waals surface area contributed by atoms with E-state index in [0.29, 0.717) is 12.1 Å². The lowest BCUT2D eigenvalue weighted by molar-refractivity contribution is 0.739. The van der Waals surface area contributed by atoms with Gasteiger partial charge in [0.1, 0.15) is 5.52 Å². The van der Waals surface area contributed by atoms with Crippen molar-refractivity contribution in [1.82, 2.24) is 14.2 Å². The Bertz CT molecular complexity index is 1150. The highest BCUT2D eigenvalue weighted by Gasteiger charge is 2.10. The molecule has 0 aliphatic rings. The Morgan fingerprint density at radius 1 is 0.885 bits per heavy atom. The maximum Gasteiger partial charge on any atom is 0.276 e. The largest absolute Gasteiger partial charge is 0.308 e. The highest BCUT2D eigenvalue weighted by atomic mass is 16.1. The Balaban J connectivity index is 1.75. The molecule has 0 saturated carbocycles. The van der Waals surface area contributed by atoms with Crippen LogP contribution in [0.15, 0.2) is 65.7 Å². The van der Waals surface area contributed by atoms with Crippen molar-refractivity contribution in [2.24, 2.45) is 0 Å². The van der Waals surface area contributed by atoms with Crippen molar-refractivity contribution >= 4 is 5.52 Å². The van der Waals surface area contributed by atoms with E-state index in [1.165, 1.54) is 16.7 Å². The van der Waals surface area contributed by atoms with Crippen LogP contribution in [0.2, 0.25) is 0 Å². The molecule has 0 aliphatic carbocycles. The van der Waals surface area contributed by atoms with E-state index in [1.54, 1.807) is 15.3 Å². The fourth-order valence-corrected chi connectivity index (χ4v) is 3.22. The molecule has 2 heterocycles. The quantitative estimate of drug-likeness (QED) is 0.561. The summed E-state index contributed by atoms with van der Waals surface area (Å²) >= 11 is 0. The predicted molar refractivity (Wildman–Crippen MR) is 105 cm³/mol. The summed E-state index contributed by atoms with van der Waals surface area (Å²) < 4.78 is 3.41. The first kappa shape index (κ1) is 16.3. The van der Waals surface area contributed by atoms with Crippen LogP contribution in [0.5, 0.6) is 0 Å². The van der Waals surface area contributed by atoms with Crippen LogP contribution in [0.25, 0.3) is 16.8 Å². The van der Waals surface area contributed by atoms with Gasteiger partial charge >= 0.3 is 0 Å². The molecule has 0 N–H and O–H groups in total. The summed E-state index contributed by atoms with van der Waals surface area (Å²) in [7, 11) is 0. The minimum Gasteiger partial charge on any atom is -0.308 e. The molecule has 0 amide bonds. The molecule has 0 fully saturated rings. The molecule has 0 saturated heterocycles. The van der Waals surface area contributed by atoms with Gasteiger partial charge in [0, 0.05) is 18.0 Å². The number of benzene rings is 2. The Hall–Kier alpha value is -3.14. The van der Waals surface area contributed by atoms with Gasteiger partial charge in [-0.1, -0.05) is 53.6 Å². The van der Waals surface area contributed by atoms with Crippen molar-refractivity contribution in [3.63, 3.8) is 0 Å². The summed E-state index contributed by atoms with van der Waals surface area (Å²) in [5.41, 5.74) is 7.17. The van der Waals surface area contributed by atoms with Crippen molar-refractivity contribution in [3.8, 4) is 11.3 Å². The summed E-state index contributed by atoms with van der Waals surface area (Å²) in [6.45, 7) is 6.78. The molecule has 0 aliphatic heterocycles. The molecular formula is C22H21N3O. The first-order chi connectivity index (χ1) is 12.5. The molecule has 2 aromatic heterocycles. The molecule has 2 aromatic carbocycles. The van der Waals surface area contributed by atoms with E-state index in [4.69, 9.17) is 0 Å². The van der Waals surface area contributed by atoms with E-state index in [9.17, 15) is 4.79 Å². The minimum absolute atomic E-state index is 0.0293. The van der Waals surface area contributed by atoms with Crippen LogP contribution in [0, 0.1) is 20.8 Å². The zero-order valence-corrected chi connectivity index (χ0v) is 15.2. The molecule has 0 atom stereocenters. The number of aryl methyl sites for hydroxylation is 3. The highest BCUT2D eigenvalue weighted by molar-refractivity contribution is 5.65. The molecule has 4 heteroatoms. The van der Waals surface area contributed by atoms with Crippen molar-refractivity contribution in [3.05, 3.63) is 93.5 Å². The number of hydrogen-bond donors (Lipinski definition) is 0. The van der Waals surface area contributed by atoms with Gasteiger partial charge in [0.2, 0.25) is 0 Å². The first-order valence-electron chi connectivity index (χ1n) is 8.73. The summed E-state index contributed by atoms with van der Waals surface area (Å²) in [5.74, 6) is 0. The second-order valence-electron chi connectivity index (χ2n) is 6.89. The normalized spacial score (nSPS) is 11.2. The van der Waals surface area contributed by atoms with E-state index in [0.717, 1.165) is 16.8 Å². The van der Waals surface area contributed by atoms with Crippen molar-refractivity contribution in [2.45, 2.75) is 27.3 Å². The van der Waals surface area contributed by atoms with Crippen LogP contribution in [0.1, 0.15) is 22.3 Å². The first-order valence-corrected chi connectivity index (χ1v) is 8.73. The monoisotopic (exact) mass is 343 g/mol. The predicted octanol–water partition coefficient (Wildman–Crippen LogP) is 4.14. The van der Waals surface area contributed by atoms with Gasteiger partial charge in [0.25, 0.3) is 5.56 Å². The fourth-order valence-electron chi connectivity index (χ4n) is 3.22. The second kappa shape index (κ2) is 6.30. The van der Waals surface area contributed by atoms with Gasteiger partial charge in [-0.2, -0.15) is 5.10 Å². The average Bonchev–Trinajstić information content (AvgIpc) is 3.05. The van der Waals surface area contributed by atoms with E-state index in [-0.39, 0.29) is 5.56 Å². The van der Waals surface area contributed by atoms with Gasteiger partial charge < -0.3 is 4.57 Å². The van der Waals surface area contributed by atoms with Crippen LogP contribution in [-0.4, -0.2) is 14.2 Å². The van der Waals surface area contributed by atoms with Crippen LogP contribution in [-0.2, 0) is 6.54 Å². The number of hydrogen-bond acceptors (Lipinski definition) is 2. The van der Waals surface area contributed by atoms with Crippen molar-refractivity contribution < 1.29 is 0 Å². The van der Waals surface area contributed by atoms with Gasteiger partial charge in [0.05, 0.1) is 12.2 Å². The van der Waals surface area contributed by atoms with Crippen LogP contribution in [0.3, 0.4) is 0 Å². The Kier molecular flexibility index (Phi) is 3.96. The topological polar surface area (TPSA) is 39.3 Å². The summed E-state index contributed by atoms with van der Waals surface area (Å²) in [4.78, 5) is 12.9. The van der Waals surface area contributed by atoms with Gasteiger partial charge in [-0.25, -0.2) is 4.52 Å². The number of aromatic nitrogens is 3. The minimum atomic E-state index is -0.0293. The molecule has 0 spiro atoms. The lowest BCUT2D eigenvalue weighted by Gasteiger charge is -2.09. The number of nitrogens with zero attached hydrogens (tertiary/aromatic N) is 3. The molecule has 0 bridgehead atoms. The second-order valence-corrected chi connectivity index (χ2v) is 6.89. The third kappa shape index (κ3) is 2.94. The third-order valence-electron chi connectivity index (χ3n) is 4.79. The zero-order chi connectivity index (χ0) is 18.3. The van der Waals surface area contributed by atoms with E-state index in [1.807, 2.05) is 24.4 Å². The summed E-state index contributed by atoms with van der Waals surface area (Å²) in [6.07, 6.45) is 3.65. The average molecular weight is 343 g/mol. The maximum atomic E-state index is 12.9. The van der Waals surface area contributed by atoms with Gasteiger partial charge in [-0.3, -0.25) is 4.79 Å². The molecule has 4 rings (SSSR count). The standard InChI is InChI=1S/C22H21N3O/c1-15-4-7-18(8-5-15)20-13-21-22(26)24(10-11-25(21)23-20)14-19-9-6-16(2)12-17(19)3/h4-13H,14H2,1-3H3. The molecule has 0 radical (unpaired) electrons. The van der Waals surface area contributed by atoms with E-state index in [2.05, 4.69) is 56.2 Å². The highest BCUT2D eigenvalue weighted by Crippen LogP contribution is 2.19. The summed E-state index contributed by atoms with van der Waals surface area (Å²) in [5, 5.41) is 4.55. The zero-order valence-electron chi connectivity index (χ0n) is 15.2. The fraction of sp³-hybridized carbons (Fsp3) is 0.182.